The molecule has 0 aliphatic carbocycles. The van der Waals surface area contributed by atoms with Crippen LogP contribution in [-0.2, 0) is 26.5 Å². The Morgan fingerprint density at radius 3 is 2.00 bits per heavy atom. The van der Waals surface area contributed by atoms with Crippen LogP contribution in [0.5, 0.6) is 0 Å². The van der Waals surface area contributed by atoms with Crippen LogP contribution in [-0.4, -0.2) is 27.6 Å². The van der Waals surface area contributed by atoms with Crippen LogP contribution in [0.3, 0.4) is 0 Å². The summed E-state index contributed by atoms with van der Waals surface area (Å²) in [6, 6.07) is 44.9. The van der Waals surface area contributed by atoms with Gasteiger partial charge in [-0.05, 0) is 102 Å². The van der Waals surface area contributed by atoms with E-state index in [2.05, 4.69) is 183 Å². The predicted molar refractivity (Wildman–Crippen MR) is 268 cm³/mol. The molecular weight excluding hydrogens is 977 g/mol. The summed E-state index contributed by atoms with van der Waals surface area (Å²) >= 11 is 0. The fraction of sp³-hybridized carbons (Fsp3) is 0.281. The van der Waals surface area contributed by atoms with E-state index in [1.165, 1.54) is 38.7 Å². The second-order valence-corrected chi connectivity index (χ2v) is 24.1. The van der Waals surface area contributed by atoms with E-state index in [-0.39, 0.29) is 31.9 Å². The Hall–Kier alpha value is -5.46. The molecule has 0 N–H and O–H groups in total. The Labute approximate surface area is 394 Å². The normalized spacial score (nSPS) is 11.8. The Morgan fingerprint density at radius 1 is 0.688 bits per heavy atom. The average Bonchev–Trinajstić information content (AvgIpc) is 3.85. The third-order valence-electron chi connectivity index (χ3n) is 12.2. The van der Waals surface area contributed by atoms with Crippen molar-refractivity contribution in [1.29, 1.82) is 0 Å². The van der Waals surface area contributed by atoms with E-state index in [1.54, 1.807) is 0 Å². The van der Waals surface area contributed by atoms with Gasteiger partial charge in [-0.1, -0.05) is 132 Å². The summed E-state index contributed by atoms with van der Waals surface area (Å²) in [6.07, 6.45) is 3.24. The zero-order chi connectivity index (χ0) is 44.7. The summed E-state index contributed by atoms with van der Waals surface area (Å²) in [5, 5.41) is 3.66. The van der Waals surface area contributed by atoms with E-state index in [9.17, 15) is 0 Å². The molecule has 4 aromatic heterocycles. The maximum Gasteiger partial charge on any atom is 0.120 e. The second kappa shape index (κ2) is 18.9. The molecule has 9 rings (SSSR count). The topological polar surface area (TPSA) is 56.7 Å². The van der Waals surface area contributed by atoms with Gasteiger partial charge in [0.2, 0.25) is 0 Å². The van der Waals surface area contributed by atoms with Crippen molar-refractivity contribution in [1.82, 2.24) is 19.5 Å². The molecule has 4 heterocycles. The summed E-state index contributed by atoms with van der Waals surface area (Å²) in [5.41, 5.74) is 17.4. The number of aryl methyl sites for hydroxylation is 3. The van der Waals surface area contributed by atoms with Gasteiger partial charge in [0.15, 0.2) is 0 Å². The number of hydrogen-bond acceptors (Lipinski definition) is 4. The Balaban J connectivity index is 0.000000246. The second-order valence-electron chi connectivity index (χ2n) is 19.1. The molecule has 0 saturated heterocycles. The van der Waals surface area contributed by atoms with Crippen LogP contribution in [0.4, 0.5) is 0 Å². The average molecular weight is 1040 g/mol. The van der Waals surface area contributed by atoms with Crippen LogP contribution in [0, 0.1) is 38.8 Å². The van der Waals surface area contributed by atoms with E-state index < -0.39 is 8.07 Å². The number of nitrogens with zero attached hydrogens (tertiary/aromatic N) is 4. The summed E-state index contributed by atoms with van der Waals surface area (Å²) in [4.78, 5) is 15.0. The maximum atomic E-state index is 6.54. The zero-order valence-electron chi connectivity index (χ0n) is 39.4. The maximum absolute atomic E-state index is 6.54. The van der Waals surface area contributed by atoms with E-state index in [1.807, 2.05) is 36.4 Å². The number of imidazole rings is 1. The van der Waals surface area contributed by atoms with Crippen molar-refractivity contribution < 1.29 is 24.5 Å². The van der Waals surface area contributed by atoms with Gasteiger partial charge in [-0.15, -0.1) is 54.1 Å². The third kappa shape index (κ3) is 9.09. The van der Waals surface area contributed by atoms with Gasteiger partial charge in [0, 0.05) is 43.1 Å². The van der Waals surface area contributed by atoms with Gasteiger partial charge in [0.25, 0.3) is 0 Å². The molecule has 0 bridgehead atoms. The van der Waals surface area contributed by atoms with Crippen molar-refractivity contribution in [3.05, 3.63) is 161 Å². The first kappa shape index (κ1) is 46.5. The summed E-state index contributed by atoms with van der Waals surface area (Å²) in [5.74, 6) is 2.04. The number of fused-ring (bicyclic) bond motifs is 4. The Bertz CT molecular complexity index is 3050. The number of para-hydroxylation sites is 1. The molecule has 64 heavy (non-hydrogen) atoms. The van der Waals surface area contributed by atoms with E-state index in [0.29, 0.717) is 5.92 Å². The fourth-order valence-electron chi connectivity index (χ4n) is 8.92. The van der Waals surface area contributed by atoms with Crippen LogP contribution in [0.25, 0.3) is 72.4 Å². The van der Waals surface area contributed by atoms with Crippen LogP contribution < -0.4 is 5.19 Å². The summed E-state index contributed by atoms with van der Waals surface area (Å²) in [6.45, 7) is 27.2. The van der Waals surface area contributed by atoms with Crippen molar-refractivity contribution in [2.75, 3.05) is 0 Å². The van der Waals surface area contributed by atoms with Gasteiger partial charge >= 0.3 is 0 Å². The molecule has 7 heteroatoms. The van der Waals surface area contributed by atoms with Gasteiger partial charge in [-0.2, -0.15) is 0 Å². The SMILES string of the molecule is CC(C)Cc1cc(-c2[c-]cccc2)ncc1[Si](C)(C)C.Cc1nc(C)c2nc(-c3[c-]ccc4c3oc3ccccc34)n(-c3c(C(C)C)cc(-c4ccccc4)cc3C(C)C)c2c1C.[Ir]. The number of aromatic nitrogens is 4. The molecule has 1 radical (unpaired) electrons. The molecule has 329 valence electrons. The fourth-order valence-corrected chi connectivity index (χ4v) is 10.5. The third-order valence-corrected chi connectivity index (χ3v) is 14.2. The van der Waals surface area contributed by atoms with E-state index in [4.69, 9.17) is 14.4 Å². The Morgan fingerprint density at radius 2 is 1.36 bits per heavy atom. The van der Waals surface area contributed by atoms with Gasteiger partial charge in [0.1, 0.15) is 5.58 Å². The first-order chi connectivity index (χ1) is 30.1. The molecule has 0 fully saturated rings. The van der Waals surface area contributed by atoms with Crippen LogP contribution in [0.2, 0.25) is 19.6 Å². The van der Waals surface area contributed by atoms with Crippen molar-refractivity contribution in [2.24, 2.45) is 5.92 Å². The first-order valence-corrected chi connectivity index (χ1v) is 26.0. The van der Waals surface area contributed by atoms with E-state index >= 15 is 0 Å². The van der Waals surface area contributed by atoms with E-state index in [0.717, 1.165) is 79.0 Å². The van der Waals surface area contributed by atoms with Crippen molar-refractivity contribution in [3.8, 4) is 39.5 Å². The zero-order valence-corrected chi connectivity index (χ0v) is 42.8. The number of hydrogen-bond donors (Lipinski definition) is 0. The number of rotatable bonds is 9. The van der Waals surface area contributed by atoms with Crippen molar-refractivity contribution in [2.45, 2.75) is 100 Å². The van der Waals surface area contributed by atoms with Gasteiger partial charge in [0.05, 0.1) is 36.2 Å². The molecule has 9 aromatic rings. The molecular formula is C57H60IrN4OSi-2. The minimum Gasteiger partial charge on any atom is -0.501 e. The minimum atomic E-state index is -1.34. The van der Waals surface area contributed by atoms with Gasteiger partial charge in [-0.3, -0.25) is 9.97 Å². The van der Waals surface area contributed by atoms with Crippen molar-refractivity contribution >= 4 is 46.2 Å². The quantitative estimate of drug-likeness (QED) is 0.107. The van der Waals surface area contributed by atoms with Crippen LogP contribution >= 0.6 is 0 Å². The number of pyridine rings is 2. The smallest absolute Gasteiger partial charge is 0.120 e. The minimum absolute atomic E-state index is 0. The summed E-state index contributed by atoms with van der Waals surface area (Å²) < 4.78 is 8.93. The standard InChI is InChI=1S/C39H36N3O.C18H24NSi.Ir/c1-22(2)32-20-28(27-14-9-8-10-15-27)21-33(23(3)4)37(32)42-36-24(5)25(6)40-26(7)35(36)41-39(42)31-18-13-17-30-29-16-11-12-19-34(29)43-38(30)31;1-14(2)11-16-12-17(15-9-7-6-8-10-15)19-13-18(16)20(3,4)5;/h8-17,19-23H,1-7H3;6-9,12-14H,11H2,1-5H3;/q2*-1;. The molecule has 0 amide bonds. The largest absolute Gasteiger partial charge is 0.501 e. The summed E-state index contributed by atoms with van der Waals surface area (Å²) in [7, 11) is -1.34. The number of benzene rings is 5. The Kier molecular flexibility index (Phi) is 13.8. The molecule has 0 aliphatic rings. The molecule has 0 unspecified atom stereocenters. The van der Waals surface area contributed by atoms with Gasteiger partial charge < -0.3 is 14.0 Å². The molecule has 5 aromatic carbocycles. The van der Waals surface area contributed by atoms with Crippen molar-refractivity contribution in [3.63, 3.8) is 0 Å². The van der Waals surface area contributed by atoms with Gasteiger partial charge in [-0.25, -0.2) is 0 Å². The molecule has 0 aliphatic heterocycles. The molecule has 0 spiro atoms. The molecule has 5 nitrogen and oxygen atoms in total. The van der Waals surface area contributed by atoms with Crippen LogP contribution in [0.15, 0.2) is 120 Å². The predicted octanol–water partition coefficient (Wildman–Crippen LogP) is 14.9. The monoisotopic (exact) mass is 1040 g/mol. The first-order valence-electron chi connectivity index (χ1n) is 22.5. The van der Waals surface area contributed by atoms with Crippen LogP contribution in [0.1, 0.15) is 87.0 Å². The molecule has 0 saturated carbocycles. The molecule has 0 atom stereocenters. The number of furan rings is 1.